The van der Waals surface area contributed by atoms with Crippen LogP contribution in [0.1, 0.15) is 45.4 Å². The van der Waals surface area contributed by atoms with Gasteiger partial charge in [0.25, 0.3) is 0 Å². The Balaban J connectivity index is 2.91. The van der Waals surface area contributed by atoms with Crippen LogP contribution in [-0.4, -0.2) is 11.4 Å². The fourth-order valence-corrected chi connectivity index (χ4v) is 1.08. The molecule has 0 radical (unpaired) electrons. The summed E-state index contributed by atoms with van der Waals surface area (Å²) in [5, 5.41) is 11.0. The summed E-state index contributed by atoms with van der Waals surface area (Å²) >= 11 is 0. The Hall–Kier alpha value is -0.790. The van der Waals surface area contributed by atoms with Gasteiger partial charge >= 0.3 is 0 Å². The summed E-state index contributed by atoms with van der Waals surface area (Å²) in [5.74, 6) is 0. The van der Waals surface area contributed by atoms with E-state index in [-0.39, 0.29) is 0 Å². The summed E-state index contributed by atoms with van der Waals surface area (Å²) in [4.78, 5) is 0. The molecule has 0 aliphatic heterocycles. The maximum absolute atomic E-state index is 8.10. The highest BCUT2D eigenvalue weighted by Crippen LogP contribution is 2.04. The number of unbranched alkanes of at least 4 members (excludes halogenated alkanes) is 5. The second-order valence-corrected chi connectivity index (χ2v) is 2.86. The van der Waals surface area contributed by atoms with Gasteiger partial charge in [-0.2, -0.15) is 0 Å². The fourth-order valence-electron chi connectivity index (χ4n) is 1.08. The lowest BCUT2D eigenvalue weighted by Crippen LogP contribution is -1.79. The first-order valence-electron chi connectivity index (χ1n) is 4.69. The van der Waals surface area contributed by atoms with Crippen molar-refractivity contribution in [2.45, 2.75) is 45.4 Å². The first kappa shape index (κ1) is 11.2. The van der Waals surface area contributed by atoms with E-state index in [1.165, 1.54) is 25.7 Å². The zero-order valence-corrected chi connectivity index (χ0v) is 7.87. The molecule has 0 aromatic carbocycles. The summed E-state index contributed by atoms with van der Waals surface area (Å²) in [7, 11) is 0. The van der Waals surface area contributed by atoms with Gasteiger partial charge in [-0.15, -0.1) is 5.16 Å². The predicted octanol–water partition coefficient (Wildman–Crippen LogP) is 3.36. The topological polar surface area (TPSA) is 32.6 Å². The van der Waals surface area contributed by atoms with Crippen LogP contribution >= 0.6 is 0 Å². The Morgan fingerprint density at radius 1 is 1.08 bits per heavy atom. The van der Waals surface area contributed by atoms with Gasteiger partial charge in [0, 0.05) is 6.21 Å². The molecule has 0 rings (SSSR count). The van der Waals surface area contributed by atoms with E-state index in [1.54, 1.807) is 6.21 Å². The number of hydrogen-bond acceptors (Lipinski definition) is 2. The average molecular weight is 169 g/mol. The van der Waals surface area contributed by atoms with Crippen molar-refractivity contribution >= 4 is 6.21 Å². The van der Waals surface area contributed by atoms with Crippen molar-refractivity contribution in [1.29, 1.82) is 0 Å². The van der Waals surface area contributed by atoms with Gasteiger partial charge in [-0.1, -0.05) is 25.0 Å². The van der Waals surface area contributed by atoms with Crippen LogP contribution in [0.5, 0.6) is 0 Å². The molecule has 0 bridgehead atoms. The van der Waals surface area contributed by atoms with E-state index in [9.17, 15) is 0 Å². The number of nitrogens with zero attached hydrogens (tertiary/aromatic N) is 1. The van der Waals surface area contributed by atoms with Crippen molar-refractivity contribution in [2.24, 2.45) is 5.16 Å². The molecule has 0 amide bonds. The van der Waals surface area contributed by atoms with Gasteiger partial charge in [0.2, 0.25) is 0 Å². The van der Waals surface area contributed by atoms with Crippen molar-refractivity contribution in [3.63, 3.8) is 0 Å². The molecule has 0 aliphatic rings. The van der Waals surface area contributed by atoms with E-state index >= 15 is 0 Å². The first-order valence-corrected chi connectivity index (χ1v) is 4.69. The molecule has 0 aromatic heterocycles. The molecule has 70 valence electrons. The van der Waals surface area contributed by atoms with Crippen LogP contribution in [0, 0.1) is 0 Å². The molecule has 0 aromatic rings. The van der Waals surface area contributed by atoms with Crippen LogP contribution < -0.4 is 0 Å². The Morgan fingerprint density at radius 3 is 2.33 bits per heavy atom. The maximum atomic E-state index is 8.10. The molecule has 2 heteroatoms. The number of allylic oxidation sites excluding steroid dienone is 2. The molecule has 12 heavy (non-hydrogen) atoms. The maximum Gasteiger partial charge on any atom is 0.0435 e. The third-order valence-corrected chi connectivity index (χ3v) is 1.77. The Kier molecular flexibility index (Phi) is 9.54. The van der Waals surface area contributed by atoms with Gasteiger partial charge in [0.15, 0.2) is 0 Å². The van der Waals surface area contributed by atoms with Gasteiger partial charge < -0.3 is 5.21 Å². The predicted molar refractivity (Wildman–Crippen MR) is 52.8 cm³/mol. The third-order valence-electron chi connectivity index (χ3n) is 1.77. The van der Waals surface area contributed by atoms with Crippen LogP contribution in [0.2, 0.25) is 0 Å². The van der Waals surface area contributed by atoms with E-state index in [2.05, 4.69) is 24.2 Å². The molecule has 0 heterocycles. The number of oxime groups is 1. The zero-order chi connectivity index (χ0) is 9.07. The monoisotopic (exact) mass is 169 g/mol. The summed E-state index contributed by atoms with van der Waals surface area (Å²) in [6.07, 6.45) is 12.9. The largest absolute Gasteiger partial charge is 0.411 e. The van der Waals surface area contributed by atoms with Crippen LogP contribution in [0.15, 0.2) is 17.3 Å². The second kappa shape index (κ2) is 10.2. The minimum Gasteiger partial charge on any atom is -0.411 e. The molecular weight excluding hydrogens is 150 g/mol. The SMILES string of the molecule is C/C=C\CCCCCC/C=N/O. The smallest absolute Gasteiger partial charge is 0.0435 e. The molecular formula is C10H19NO. The van der Waals surface area contributed by atoms with Gasteiger partial charge in [-0.05, 0) is 32.6 Å². The quantitative estimate of drug-likeness (QED) is 0.205. The lowest BCUT2D eigenvalue weighted by molar-refractivity contribution is 0.320. The number of hydrogen-bond donors (Lipinski definition) is 1. The van der Waals surface area contributed by atoms with E-state index < -0.39 is 0 Å². The highest BCUT2D eigenvalue weighted by atomic mass is 16.4. The van der Waals surface area contributed by atoms with Crippen molar-refractivity contribution < 1.29 is 5.21 Å². The summed E-state index contributed by atoms with van der Waals surface area (Å²) in [6.45, 7) is 2.05. The van der Waals surface area contributed by atoms with E-state index in [0.29, 0.717) is 0 Å². The minimum atomic E-state index is 0.903. The second-order valence-electron chi connectivity index (χ2n) is 2.86. The van der Waals surface area contributed by atoms with E-state index in [0.717, 1.165) is 12.8 Å². The Labute approximate surface area is 75.0 Å². The summed E-state index contributed by atoms with van der Waals surface area (Å²) < 4.78 is 0. The van der Waals surface area contributed by atoms with Crippen molar-refractivity contribution in [2.75, 3.05) is 0 Å². The van der Waals surface area contributed by atoms with Crippen molar-refractivity contribution in [3.05, 3.63) is 12.2 Å². The van der Waals surface area contributed by atoms with E-state index in [4.69, 9.17) is 5.21 Å². The van der Waals surface area contributed by atoms with Crippen LogP contribution in [0.3, 0.4) is 0 Å². The van der Waals surface area contributed by atoms with Crippen molar-refractivity contribution in [3.8, 4) is 0 Å². The van der Waals surface area contributed by atoms with Crippen LogP contribution in [-0.2, 0) is 0 Å². The molecule has 0 saturated heterocycles. The molecule has 1 N–H and O–H groups in total. The molecule has 0 saturated carbocycles. The molecule has 0 spiro atoms. The van der Waals surface area contributed by atoms with Crippen LogP contribution in [0.4, 0.5) is 0 Å². The molecule has 2 nitrogen and oxygen atoms in total. The minimum absolute atomic E-state index is 0.903. The Bertz CT molecular complexity index is 114. The number of rotatable bonds is 7. The highest BCUT2D eigenvalue weighted by Gasteiger charge is 1.87. The fraction of sp³-hybridized carbons (Fsp3) is 0.700. The molecule has 0 atom stereocenters. The average Bonchev–Trinajstić information content (AvgIpc) is 2.10. The first-order chi connectivity index (χ1) is 5.91. The van der Waals surface area contributed by atoms with Crippen LogP contribution in [0.25, 0.3) is 0 Å². The van der Waals surface area contributed by atoms with E-state index in [1.807, 2.05) is 0 Å². The Morgan fingerprint density at radius 2 is 1.75 bits per heavy atom. The van der Waals surface area contributed by atoms with Crippen molar-refractivity contribution in [1.82, 2.24) is 0 Å². The summed E-state index contributed by atoms with van der Waals surface area (Å²) in [5.41, 5.74) is 0. The highest BCUT2D eigenvalue weighted by molar-refractivity contribution is 5.55. The van der Waals surface area contributed by atoms with Gasteiger partial charge in [-0.3, -0.25) is 0 Å². The standard InChI is InChI=1S/C10H19NO/c1-2-3-4-5-6-7-8-9-10-11-12/h2-3,10,12H,4-9H2,1H3/b3-2-,11-10+. The third kappa shape index (κ3) is 9.21. The lowest BCUT2D eigenvalue weighted by atomic mass is 10.1. The molecule has 0 fully saturated rings. The summed E-state index contributed by atoms with van der Waals surface area (Å²) in [6, 6.07) is 0. The normalized spacial score (nSPS) is 11.8. The van der Waals surface area contributed by atoms with Gasteiger partial charge in [-0.25, -0.2) is 0 Å². The van der Waals surface area contributed by atoms with Gasteiger partial charge in [0.05, 0.1) is 0 Å². The zero-order valence-electron chi connectivity index (χ0n) is 7.87. The molecule has 0 aliphatic carbocycles. The van der Waals surface area contributed by atoms with Gasteiger partial charge in [0.1, 0.15) is 0 Å². The lowest BCUT2D eigenvalue weighted by Gasteiger charge is -1.95. The molecule has 0 unspecified atom stereocenters.